The van der Waals surface area contributed by atoms with Gasteiger partial charge in [-0.3, -0.25) is 4.79 Å². The molecule has 3 N–H and O–H groups in total. The van der Waals surface area contributed by atoms with Crippen molar-refractivity contribution in [1.82, 2.24) is 20.2 Å². The van der Waals surface area contributed by atoms with E-state index >= 15 is 0 Å². The summed E-state index contributed by atoms with van der Waals surface area (Å²) in [4.78, 5) is 34.8. The molecule has 2 aromatic heterocycles. The molecule has 7 nitrogen and oxygen atoms in total. The van der Waals surface area contributed by atoms with Crippen molar-refractivity contribution in [3.63, 3.8) is 0 Å². The van der Waals surface area contributed by atoms with E-state index in [0.717, 1.165) is 44.0 Å². The zero-order valence-corrected chi connectivity index (χ0v) is 21.4. The molecule has 0 unspecified atom stereocenters. The van der Waals surface area contributed by atoms with Crippen molar-refractivity contribution in [2.75, 3.05) is 18.4 Å². The maximum absolute atomic E-state index is 12.6. The SMILES string of the molecule is CC(C)(C)NC(=O)N1CCC[C@H](Nc2nc3c(I)c[nH]c(=O)c3c3cc(Br)ccc23)C1. The van der Waals surface area contributed by atoms with Crippen molar-refractivity contribution in [3.05, 3.63) is 42.8 Å². The number of benzene rings is 1. The third-order valence-electron chi connectivity index (χ3n) is 5.28. The van der Waals surface area contributed by atoms with Crippen LogP contribution < -0.4 is 16.2 Å². The molecule has 9 heteroatoms. The van der Waals surface area contributed by atoms with Crippen molar-refractivity contribution in [3.8, 4) is 0 Å². The number of H-pyrrole nitrogens is 1. The minimum absolute atomic E-state index is 0.0414. The molecule has 164 valence electrons. The summed E-state index contributed by atoms with van der Waals surface area (Å²) in [6.07, 6.45) is 3.55. The Kier molecular flexibility index (Phi) is 6.17. The van der Waals surface area contributed by atoms with E-state index in [-0.39, 0.29) is 23.2 Å². The topological polar surface area (TPSA) is 90.1 Å². The zero-order chi connectivity index (χ0) is 22.3. The molecule has 0 bridgehead atoms. The molecule has 0 saturated carbocycles. The van der Waals surface area contributed by atoms with Gasteiger partial charge in [0.1, 0.15) is 5.82 Å². The highest BCUT2D eigenvalue weighted by atomic mass is 127. The molecule has 4 rings (SSSR count). The van der Waals surface area contributed by atoms with Crippen LogP contribution in [0.15, 0.2) is 33.7 Å². The van der Waals surface area contributed by atoms with Gasteiger partial charge >= 0.3 is 6.03 Å². The number of fused-ring (bicyclic) bond motifs is 3. The van der Waals surface area contributed by atoms with Crippen LogP contribution in [0.25, 0.3) is 21.7 Å². The molecule has 0 aliphatic carbocycles. The normalized spacial score (nSPS) is 17.2. The van der Waals surface area contributed by atoms with E-state index in [1.54, 1.807) is 6.20 Å². The predicted octanol–water partition coefficient (Wildman–Crippen LogP) is 4.83. The molecule has 1 saturated heterocycles. The maximum Gasteiger partial charge on any atom is 0.317 e. The van der Waals surface area contributed by atoms with Gasteiger partial charge in [0, 0.05) is 46.1 Å². The van der Waals surface area contributed by atoms with Gasteiger partial charge in [-0.15, -0.1) is 0 Å². The molecular formula is C22H25BrIN5O2. The second-order valence-corrected chi connectivity index (χ2v) is 11.0. The van der Waals surface area contributed by atoms with Crippen molar-refractivity contribution in [2.45, 2.75) is 45.2 Å². The van der Waals surface area contributed by atoms with E-state index in [0.29, 0.717) is 17.4 Å². The van der Waals surface area contributed by atoms with Crippen molar-refractivity contribution < 1.29 is 4.79 Å². The number of rotatable bonds is 2. The first-order chi connectivity index (χ1) is 14.6. The number of amides is 2. The van der Waals surface area contributed by atoms with Crippen LogP contribution in [0.4, 0.5) is 10.6 Å². The van der Waals surface area contributed by atoms with Crippen molar-refractivity contribution in [2.24, 2.45) is 0 Å². The summed E-state index contributed by atoms with van der Waals surface area (Å²) in [6.45, 7) is 7.30. The van der Waals surface area contributed by atoms with Crippen molar-refractivity contribution in [1.29, 1.82) is 0 Å². The van der Waals surface area contributed by atoms with E-state index in [2.05, 4.69) is 54.1 Å². The molecule has 0 spiro atoms. The maximum atomic E-state index is 12.6. The van der Waals surface area contributed by atoms with Crippen LogP contribution >= 0.6 is 38.5 Å². The quantitative estimate of drug-likeness (QED) is 0.292. The number of nitrogens with zero attached hydrogens (tertiary/aromatic N) is 2. The molecule has 0 radical (unpaired) electrons. The fraction of sp³-hybridized carbons (Fsp3) is 0.409. The minimum atomic E-state index is -0.273. The van der Waals surface area contributed by atoms with Gasteiger partial charge in [-0.05, 0) is 74.4 Å². The van der Waals surface area contributed by atoms with Crippen LogP contribution in [0.2, 0.25) is 0 Å². The number of likely N-dealkylation sites (tertiary alicyclic amines) is 1. The standard InChI is InChI=1S/C22H25BrIN5O2/c1-22(2,3)28-21(31)29-8-4-5-13(11-29)26-19-14-7-6-12(23)9-15(14)17-18(27-19)16(24)10-25-20(17)30/h6-7,9-10,13H,4-5,8,11H2,1-3H3,(H,25,30)(H,26,27)(H,28,31)/t13-/m0/s1. The number of anilines is 1. The Bertz CT molecular complexity index is 1220. The first-order valence-electron chi connectivity index (χ1n) is 10.3. The van der Waals surface area contributed by atoms with Gasteiger partial charge in [0.15, 0.2) is 0 Å². The van der Waals surface area contributed by atoms with E-state index in [4.69, 9.17) is 4.98 Å². The van der Waals surface area contributed by atoms with E-state index < -0.39 is 0 Å². The van der Waals surface area contributed by atoms with Gasteiger partial charge in [-0.2, -0.15) is 0 Å². The lowest BCUT2D eigenvalue weighted by atomic mass is 10.0. The molecule has 3 heterocycles. The van der Waals surface area contributed by atoms with Gasteiger partial charge in [0.2, 0.25) is 0 Å². The second-order valence-electron chi connectivity index (χ2n) is 8.95. The summed E-state index contributed by atoms with van der Waals surface area (Å²) in [5.41, 5.74) is 0.251. The summed E-state index contributed by atoms with van der Waals surface area (Å²) in [5, 5.41) is 8.93. The number of piperidine rings is 1. The van der Waals surface area contributed by atoms with Crippen LogP contribution in [0, 0.1) is 3.57 Å². The smallest absolute Gasteiger partial charge is 0.317 e. The molecule has 1 aliphatic heterocycles. The van der Waals surface area contributed by atoms with Crippen LogP contribution in [0.5, 0.6) is 0 Å². The van der Waals surface area contributed by atoms with Gasteiger partial charge in [-0.1, -0.05) is 15.9 Å². The van der Waals surface area contributed by atoms with Crippen LogP contribution in [-0.4, -0.2) is 45.6 Å². The number of hydrogen-bond acceptors (Lipinski definition) is 4. The van der Waals surface area contributed by atoms with Crippen LogP contribution in [0.1, 0.15) is 33.6 Å². The van der Waals surface area contributed by atoms with Gasteiger partial charge in [0.05, 0.1) is 14.5 Å². The molecule has 1 aromatic carbocycles. The third-order valence-corrected chi connectivity index (χ3v) is 6.60. The molecular weight excluding hydrogens is 573 g/mol. The average Bonchev–Trinajstić information content (AvgIpc) is 2.69. The fourth-order valence-corrected chi connectivity index (χ4v) is 4.85. The Morgan fingerprint density at radius 1 is 1.32 bits per heavy atom. The number of carbonyl (C=O) groups excluding carboxylic acids is 1. The number of urea groups is 1. The lowest BCUT2D eigenvalue weighted by molar-refractivity contribution is 0.174. The highest BCUT2D eigenvalue weighted by molar-refractivity contribution is 14.1. The van der Waals surface area contributed by atoms with Gasteiger partial charge < -0.3 is 20.5 Å². The summed E-state index contributed by atoms with van der Waals surface area (Å²) >= 11 is 5.72. The van der Waals surface area contributed by atoms with E-state index in [9.17, 15) is 9.59 Å². The van der Waals surface area contributed by atoms with E-state index in [1.165, 1.54) is 0 Å². The van der Waals surface area contributed by atoms with Crippen LogP contribution in [0.3, 0.4) is 0 Å². The lowest BCUT2D eigenvalue weighted by Gasteiger charge is -2.35. The number of nitrogens with one attached hydrogen (secondary N) is 3. The zero-order valence-electron chi connectivity index (χ0n) is 17.7. The molecule has 31 heavy (non-hydrogen) atoms. The summed E-state index contributed by atoms with van der Waals surface area (Å²) in [5.74, 6) is 0.738. The summed E-state index contributed by atoms with van der Waals surface area (Å²) < 4.78 is 1.78. The number of pyridine rings is 2. The van der Waals surface area contributed by atoms with Gasteiger partial charge in [0.25, 0.3) is 5.56 Å². The highest BCUT2D eigenvalue weighted by Crippen LogP contribution is 2.32. The summed E-state index contributed by atoms with van der Waals surface area (Å²) in [6, 6.07) is 5.92. The third kappa shape index (κ3) is 4.82. The Morgan fingerprint density at radius 3 is 2.84 bits per heavy atom. The highest BCUT2D eigenvalue weighted by Gasteiger charge is 2.27. The Hall–Kier alpha value is -1.88. The number of halogens is 2. The number of aromatic nitrogens is 2. The number of hydrogen-bond donors (Lipinski definition) is 3. The van der Waals surface area contributed by atoms with Crippen molar-refractivity contribution >= 4 is 72.0 Å². The molecule has 1 atom stereocenters. The largest absolute Gasteiger partial charge is 0.365 e. The molecule has 1 aliphatic rings. The lowest BCUT2D eigenvalue weighted by Crippen LogP contribution is -2.53. The Morgan fingerprint density at radius 2 is 2.10 bits per heavy atom. The summed E-state index contributed by atoms with van der Waals surface area (Å²) in [7, 11) is 0. The second kappa shape index (κ2) is 8.57. The Labute approximate surface area is 202 Å². The fourth-order valence-electron chi connectivity index (χ4n) is 3.94. The molecule has 2 amide bonds. The molecule has 3 aromatic rings. The minimum Gasteiger partial charge on any atom is -0.365 e. The number of aromatic amines is 1. The predicted molar refractivity (Wildman–Crippen MR) is 137 cm³/mol. The number of carbonyl (C=O) groups is 1. The average molecular weight is 598 g/mol. The van der Waals surface area contributed by atoms with Crippen LogP contribution in [-0.2, 0) is 0 Å². The molecule has 1 fully saturated rings. The van der Waals surface area contributed by atoms with E-state index in [1.807, 2.05) is 43.9 Å². The Balaban J connectivity index is 1.70. The first-order valence-corrected chi connectivity index (χ1v) is 12.1. The first kappa shape index (κ1) is 22.3. The monoisotopic (exact) mass is 597 g/mol. The van der Waals surface area contributed by atoms with Gasteiger partial charge in [-0.25, -0.2) is 9.78 Å².